The normalized spacial score (nSPS) is 46.0. The van der Waals surface area contributed by atoms with E-state index in [0.717, 1.165) is 31.7 Å². The Morgan fingerprint density at radius 3 is 2.72 bits per heavy atom. The third-order valence-electron chi connectivity index (χ3n) is 8.36. The molecule has 2 N–H and O–H groups in total. The number of nitrogens with one attached hydrogen (secondary N) is 2. The van der Waals surface area contributed by atoms with E-state index < -0.39 is 0 Å². The molecular weight excluding hydrogens is 312 g/mol. The van der Waals surface area contributed by atoms with Crippen LogP contribution in [0.15, 0.2) is 11.6 Å². The van der Waals surface area contributed by atoms with Gasteiger partial charge in [-0.15, -0.1) is 0 Å². The molecule has 0 unspecified atom stereocenters. The highest BCUT2D eigenvalue weighted by atomic mass is 16.2. The zero-order valence-electron chi connectivity index (χ0n) is 15.9. The van der Waals surface area contributed by atoms with Crippen LogP contribution in [0, 0.1) is 28.6 Å². The Bertz CT molecular complexity index is 627. The highest BCUT2D eigenvalue weighted by Gasteiger charge is 2.58. The molecule has 4 nitrogen and oxygen atoms in total. The van der Waals surface area contributed by atoms with Crippen LogP contribution in [-0.4, -0.2) is 24.4 Å². The van der Waals surface area contributed by atoms with Gasteiger partial charge in [-0.25, -0.2) is 0 Å². The van der Waals surface area contributed by atoms with E-state index >= 15 is 0 Å². The molecule has 4 aliphatic rings. The number of amides is 2. The molecule has 0 bridgehead atoms. The molecule has 4 rings (SSSR count). The van der Waals surface area contributed by atoms with Crippen molar-refractivity contribution in [2.24, 2.45) is 28.6 Å². The topological polar surface area (TPSA) is 58.2 Å². The molecule has 1 heterocycles. The largest absolute Gasteiger partial charge is 0.353 e. The van der Waals surface area contributed by atoms with Gasteiger partial charge in [-0.1, -0.05) is 19.4 Å². The number of carbonyl (C=O) groups excluding carboxylic acids is 2. The van der Waals surface area contributed by atoms with Crippen LogP contribution in [0.1, 0.15) is 65.7 Å². The number of fused-ring (bicyclic) bond motifs is 5. The van der Waals surface area contributed by atoms with Crippen molar-refractivity contribution in [3.63, 3.8) is 0 Å². The van der Waals surface area contributed by atoms with E-state index in [-0.39, 0.29) is 22.6 Å². The predicted octanol–water partition coefficient (Wildman–Crippen LogP) is 3.18. The maximum absolute atomic E-state index is 12.0. The summed E-state index contributed by atoms with van der Waals surface area (Å²) in [6.07, 6.45) is 10.1. The summed E-state index contributed by atoms with van der Waals surface area (Å²) < 4.78 is 0. The first-order chi connectivity index (χ1) is 11.8. The van der Waals surface area contributed by atoms with Crippen LogP contribution in [0.4, 0.5) is 0 Å². The van der Waals surface area contributed by atoms with E-state index in [4.69, 9.17) is 0 Å². The molecule has 0 aromatic carbocycles. The van der Waals surface area contributed by atoms with E-state index in [2.05, 4.69) is 24.5 Å². The first-order valence-electron chi connectivity index (χ1n) is 10.1. The van der Waals surface area contributed by atoms with Gasteiger partial charge in [0.05, 0.1) is 0 Å². The maximum Gasteiger partial charge on any atom is 0.243 e. The molecule has 0 aromatic heterocycles. The monoisotopic (exact) mass is 344 g/mol. The molecule has 3 aliphatic carbocycles. The average molecular weight is 344 g/mol. The SMILES string of the molecule is CC(=O)N[C@H]1CC[C@@H]2[C@H]3CCC4=CC(=O)NCC[C@@]4(C)[C@@H]3CC[C@]12C. The van der Waals surface area contributed by atoms with Crippen LogP contribution in [0.3, 0.4) is 0 Å². The van der Waals surface area contributed by atoms with Gasteiger partial charge in [-0.2, -0.15) is 0 Å². The lowest BCUT2D eigenvalue weighted by Crippen LogP contribution is -2.53. The van der Waals surface area contributed by atoms with Crippen LogP contribution < -0.4 is 10.6 Å². The predicted molar refractivity (Wildman–Crippen MR) is 97.7 cm³/mol. The molecule has 138 valence electrons. The van der Waals surface area contributed by atoms with Crippen molar-refractivity contribution >= 4 is 11.8 Å². The summed E-state index contributed by atoms with van der Waals surface area (Å²) >= 11 is 0. The minimum atomic E-state index is 0.101. The highest BCUT2D eigenvalue weighted by molar-refractivity contribution is 5.88. The molecule has 4 heteroatoms. The van der Waals surface area contributed by atoms with Crippen molar-refractivity contribution in [1.29, 1.82) is 0 Å². The van der Waals surface area contributed by atoms with Crippen molar-refractivity contribution in [2.75, 3.05) is 6.54 Å². The van der Waals surface area contributed by atoms with Gasteiger partial charge in [0, 0.05) is 25.6 Å². The van der Waals surface area contributed by atoms with Crippen molar-refractivity contribution in [1.82, 2.24) is 10.6 Å². The molecule has 3 saturated carbocycles. The third kappa shape index (κ3) is 2.55. The van der Waals surface area contributed by atoms with Gasteiger partial charge in [0.2, 0.25) is 11.8 Å². The van der Waals surface area contributed by atoms with Crippen molar-refractivity contribution in [3.8, 4) is 0 Å². The zero-order chi connectivity index (χ0) is 17.8. The Hall–Kier alpha value is -1.32. The van der Waals surface area contributed by atoms with Crippen LogP contribution in [0.25, 0.3) is 0 Å². The van der Waals surface area contributed by atoms with Crippen LogP contribution in [0.5, 0.6) is 0 Å². The molecule has 0 saturated heterocycles. The molecule has 1 aliphatic heterocycles. The van der Waals surface area contributed by atoms with E-state index in [1.807, 2.05) is 6.08 Å². The molecule has 25 heavy (non-hydrogen) atoms. The Morgan fingerprint density at radius 1 is 1.16 bits per heavy atom. The second-order valence-electron chi connectivity index (χ2n) is 9.42. The lowest BCUT2D eigenvalue weighted by atomic mass is 9.48. The lowest BCUT2D eigenvalue weighted by Gasteiger charge is -2.57. The maximum atomic E-state index is 12.0. The van der Waals surface area contributed by atoms with E-state index in [1.54, 1.807) is 6.92 Å². The van der Waals surface area contributed by atoms with E-state index in [0.29, 0.717) is 17.9 Å². The number of hydrogen-bond donors (Lipinski definition) is 2. The minimum absolute atomic E-state index is 0.101. The fraction of sp³-hybridized carbons (Fsp3) is 0.810. The fourth-order valence-corrected chi connectivity index (χ4v) is 7.05. The fourth-order valence-electron chi connectivity index (χ4n) is 7.05. The summed E-state index contributed by atoms with van der Waals surface area (Å²) in [5.74, 6) is 2.36. The minimum Gasteiger partial charge on any atom is -0.353 e. The molecule has 6 atom stereocenters. The van der Waals surface area contributed by atoms with Crippen LogP contribution >= 0.6 is 0 Å². The summed E-state index contributed by atoms with van der Waals surface area (Å²) in [6, 6.07) is 0.345. The van der Waals surface area contributed by atoms with Gasteiger partial charge in [0.15, 0.2) is 0 Å². The summed E-state index contributed by atoms with van der Waals surface area (Å²) in [5, 5.41) is 6.29. The van der Waals surface area contributed by atoms with Gasteiger partial charge >= 0.3 is 0 Å². The highest BCUT2D eigenvalue weighted by Crippen LogP contribution is 2.64. The van der Waals surface area contributed by atoms with Crippen molar-refractivity contribution in [3.05, 3.63) is 11.6 Å². The van der Waals surface area contributed by atoms with Crippen LogP contribution in [-0.2, 0) is 9.59 Å². The molecule has 3 fully saturated rings. The molecule has 0 aromatic rings. The molecule has 0 spiro atoms. The van der Waals surface area contributed by atoms with E-state index in [1.165, 1.54) is 31.3 Å². The third-order valence-corrected chi connectivity index (χ3v) is 8.36. The molecule has 0 radical (unpaired) electrons. The standard InChI is InChI=1S/C21H32N2O2/c1-13(24)23-18-7-6-16-15-5-4-14-12-19(25)22-11-10-20(14,2)17(15)8-9-21(16,18)3/h12,15-18H,4-11H2,1-3H3,(H,22,25)(H,23,24)/t15-,16-,17-,18+,20-,21+/m1/s1. The summed E-state index contributed by atoms with van der Waals surface area (Å²) in [4.78, 5) is 23.6. The molecule has 2 amide bonds. The van der Waals surface area contributed by atoms with Crippen LogP contribution in [0.2, 0.25) is 0 Å². The summed E-state index contributed by atoms with van der Waals surface area (Å²) in [6.45, 7) is 7.29. The number of allylic oxidation sites excluding steroid dienone is 1. The Morgan fingerprint density at radius 2 is 1.96 bits per heavy atom. The van der Waals surface area contributed by atoms with Gasteiger partial charge < -0.3 is 10.6 Å². The average Bonchev–Trinajstić information content (AvgIpc) is 2.77. The second kappa shape index (κ2) is 5.85. The number of carbonyl (C=O) groups is 2. The first kappa shape index (κ1) is 17.1. The number of rotatable bonds is 1. The molecular formula is C21H32N2O2. The lowest BCUT2D eigenvalue weighted by molar-refractivity contribution is -0.121. The smallest absolute Gasteiger partial charge is 0.243 e. The van der Waals surface area contributed by atoms with Crippen molar-refractivity contribution in [2.45, 2.75) is 71.8 Å². The summed E-state index contributed by atoms with van der Waals surface area (Å²) in [5.41, 5.74) is 1.82. The van der Waals surface area contributed by atoms with Gasteiger partial charge in [-0.3, -0.25) is 9.59 Å². The second-order valence-corrected chi connectivity index (χ2v) is 9.42. The zero-order valence-corrected chi connectivity index (χ0v) is 15.9. The first-order valence-corrected chi connectivity index (χ1v) is 10.1. The number of hydrogen-bond acceptors (Lipinski definition) is 2. The van der Waals surface area contributed by atoms with Crippen molar-refractivity contribution < 1.29 is 9.59 Å². The Labute approximate surface area is 151 Å². The summed E-state index contributed by atoms with van der Waals surface area (Å²) in [7, 11) is 0. The van der Waals surface area contributed by atoms with Gasteiger partial charge in [0.1, 0.15) is 0 Å². The quantitative estimate of drug-likeness (QED) is 0.767. The van der Waals surface area contributed by atoms with Gasteiger partial charge in [-0.05, 0) is 73.5 Å². The van der Waals surface area contributed by atoms with E-state index in [9.17, 15) is 9.59 Å². The Balaban J connectivity index is 1.63. The Kier molecular flexibility index (Phi) is 4.01. The van der Waals surface area contributed by atoms with Gasteiger partial charge in [0.25, 0.3) is 0 Å².